The molecule has 0 N–H and O–H groups in total. The Labute approximate surface area is 218 Å². The van der Waals surface area contributed by atoms with Gasteiger partial charge in [-0.05, 0) is 70.9 Å². The Morgan fingerprint density at radius 3 is 2.46 bits per heavy atom. The normalized spacial score (nSPS) is 14.5. The standard InChI is InChI=1S/C30H24FNO4S/c1-2-35-27-16-20(12-14-26(27)36-19-21-11-13-22-7-3-4-8-23(22)15-21)17-28-29(33)32(30(34)37-28)18-24-9-5-6-10-25(24)31/h3-17H,2,18-19H2,1H3/b28-17+. The fourth-order valence-electron chi connectivity index (χ4n) is 4.08. The van der Waals surface area contributed by atoms with Crippen LogP contribution in [0.25, 0.3) is 16.8 Å². The maximum Gasteiger partial charge on any atom is 0.293 e. The number of carbonyl (C=O) groups excluding carboxylic acids is 2. The summed E-state index contributed by atoms with van der Waals surface area (Å²) in [6.07, 6.45) is 1.64. The Morgan fingerprint density at radius 1 is 0.865 bits per heavy atom. The Balaban J connectivity index is 1.32. The van der Waals surface area contributed by atoms with Gasteiger partial charge >= 0.3 is 0 Å². The van der Waals surface area contributed by atoms with Gasteiger partial charge in [0.1, 0.15) is 12.4 Å². The van der Waals surface area contributed by atoms with Gasteiger partial charge in [0.15, 0.2) is 11.5 Å². The Hall–Kier alpha value is -4.10. The predicted octanol–water partition coefficient (Wildman–Crippen LogP) is 7.19. The van der Waals surface area contributed by atoms with Crippen LogP contribution in [0.3, 0.4) is 0 Å². The minimum atomic E-state index is -0.453. The molecular weight excluding hydrogens is 489 g/mol. The topological polar surface area (TPSA) is 55.8 Å². The lowest BCUT2D eigenvalue weighted by atomic mass is 10.1. The number of fused-ring (bicyclic) bond motifs is 1. The summed E-state index contributed by atoms with van der Waals surface area (Å²) in [5.41, 5.74) is 2.02. The van der Waals surface area contributed by atoms with Crippen molar-refractivity contribution in [2.75, 3.05) is 6.61 Å². The number of carbonyl (C=O) groups is 2. The maximum absolute atomic E-state index is 14.0. The molecule has 4 aromatic carbocycles. The molecule has 1 heterocycles. The van der Waals surface area contributed by atoms with Gasteiger partial charge < -0.3 is 9.47 Å². The van der Waals surface area contributed by atoms with Crippen LogP contribution in [-0.2, 0) is 17.9 Å². The fraction of sp³-hybridized carbons (Fsp3) is 0.133. The first-order valence-electron chi connectivity index (χ1n) is 11.9. The molecule has 0 aliphatic carbocycles. The van der Waals surface area contributed by atoms with Gasteiger partial charge in [-0.2, -0.15) is 0 Å². The number of imide groups is 1. The quantitative estimate of drug-likeness (QED) is 0.233. The molecule has 1 aliphatic heterocycles. The number of hydrogen-bond donors (Lipinski definition) is 0. The van der Waals surface area contributed by atoms with Crippen LogP contribution >= 0.6 is 11.8 Å². The van der Waals surface area contributed by atoms with E-state index in [1.165, 1.54) is 11.5 Å². The first-order chi connectivity index (χ1) is 18.0. The van der Waals surface area contributed by atoms with Crippen molar-refractivity contribution >= 4 is 39.8 Å². The number of halogens is 1. The van der Waals surface area contributed by atoms with Gasteiger partial charge in [0.2, 0.25) is 0 Å². The largest absolute Gasteiger partial charge is 0.490 e. The molecule has 1 saturated heterocycles. The van der Waals surface area contributed by atoms with E-state index in [4.69, 9.17) is 9.47 Å². The van der Waals surface area contributed by atoms with E-state index in [-0.39, 0.29) is 17.0 Å². The smallest absolute Gasteiger partial charge is 0.293 e. The van der Waals surface area contributed by atoms with E-state index in [1.54, 1.807) is 36.4 Å². The van der Waals surface area contributed by atoms with Gasteiger partial charge in [-0.3, -0.25) is 14.5 Å². The molecule has 0 radical (unpaired) electrons. The maximum atomic E-state index is 14.0. The van der Waals surface area contributed by atoms with Crippen LogP contribution < -0.4 is 9.47 Å². The average molecular weight is 514 g/mol. The Morgan fingerprint density at radius 2 is 1.65 bits per heavy atom. The molecule has 7 heteroatoms. The second-order valence-electron chi connectivity index (χ2n) is 8.47. The van der Waals surface area contributed by atoms with E-state index in [1.807, 2.05) is 31.2 Å². The van der Waals surface area contributed by atoms with Crippen LogP contribution in [0, 0.1) is 5.82 Å². The molecule has 1 aliphatic rings. The van der Waals surface area contributed by atoms with Crippen molar-refractivity contribution in [2.24, 2.45) is 0 Å². The van der Waals surface area contributed by atoms with Crippen LogP contribution in [0.5, 0.6) is 11.5 Å². The molecule has 4 aromatic rings. The summed E-state index contributed by atoms with van der Waals surface area (Å²) in [6.45, 7) is 2.59. The van der Waals surface area contributed by atoms with Crippen LogP contribution in [0.2, 0.25) is 0 Å². The number of amides is 2. The first-order valence-corrected chi connectivity index (χ1v) is 12.7. The molecule has 0 spiro atoms. The average Bonchev–Trinajstić information content (AvgIpc) is 3.16. The van der Waals surface area contributed by atoms with Crippen molar-refractivity contribution in [2.45, 2.75) is 20.1 Å². The molecule has 0 bridgehead atoms. The summed E-state index contributed by atoms with van der Waals surface area (Å²) < 4.78 is 25.9. The lowest BCUT2D eigenvalue weighted by Gasteiger charge is -2.13. The highest BCUT2D eigenvalue weighted by atomic mass is 32.2. The monoisotopic (exact) mass is 513 g/mol. The minimum Gasteiger partial charge on any atom is -0.490 e. The van der Waals surface area contributed by atoms with E-state index in [0.29, 0.717) is 30.3 Å². The van der Waals surface area contributed by atoms with E-state index in [2.05, 4.69) is 24.3 Å². The summed E-state index contributed by atoms with van der Waals surface area (Å²) in [5.74, 6) is 0.224. The predicted molar refractivity (Wildman–Crippen MR) is 144 cm³/mol. The lowest BCUT2D eigenvalue weighted by Crippen LogP contribution is -2.27. The zero-order valence-corrected chi connectivity index (χ0v) is 21.0. The second-order valence-corrected chi connectivity index (χ2v) is 9.46. The van der Waals surface area contributed by atoms with Gasteiger partial charge in [0.25, 0.3) is 11.1 Å². The number of nitrogens with zero attached hydrogens (tertiary/aromatic N) is 1. The molecule has 0 atom stereocenters. The van der Waals surface area contributed by atoms with Crippen molar-refractivity contribution in [3.63, 3.8) is 0 Å². The molecule has 0 saturated carbocycles. The Bertz CT molecular complexity index is 1520. The highest BCUT2D eigenvalue weighted by Crippen LogP contribution is 2.36. The summed E-state index contributed by atoms with van der Waals surface area (Å²) in [6, 6.07) is 25.9. The summed E-state index contributed by atoms with van der Waals surface area (Å²) in [5, 5.41) is 1.89. The highest BCUT2D eigenvalue weighted by Gasteiger charge is 2.35. The van der Waals surface area contributed by atoms with Gasteiger partial charge in [-0.25, -0.2) is 4.39 Å². The van der Waals surface area contributed by atoms with E-state index >= 15 is 0 Å². The molecule has 37 heavy (non-hydrogen) atoms. The number of rotatable bonds is 8. The van der Waals surface area contributed by atoms with Crippen molar-refractivity contribution in [3.05, 3.63) is 112 Å². The van der Waals surface area contributed by atoms with Gasteiger partial charge in [0.05, 0.1) is 18.1 Å². The second kappa shape index (κ2) is 10.9. The van der Waals surface area contributed by atoms with E-state index in [0.717, 1.165) is 27.6 Å². The third-order valence-corrected chi connectivity index (χ3v) is 6.84. The number of hydrogen-bond acceptors (Lipinski definition) is 5. The number of ether oxygens (including phenoxy) is 2. The number of benzene rings is 4. The lowest BCUT2D eigenvalue weighted by molar-refractivity contribution is -0.123. The first kappa shape index (κ1) is 24.6. The van der Waals surface area contributed by atoms with E-state index < -0.39 is 17.0 Å². The minimum absolute atomic E-state index is 0.111. The van der Waals surface area contributed by atoms with Crippen molar-refractivity contribution in [1.82, 2.24) is 4.90 Å². The van der Waals surface area contributed by atoms with Crippen molar-refractivity contribution in [3.8, 4) is 11.5 Å². The summed E-state index contributed by atoms with van der Waals surface area (Å²) >= 11 is 0.838. The van der Waals surface area contributed by atoms with Crippen LogP contribution in [-0.4, -0.2) is 22.7 Å². The van der Waals surface area contributed by atoms with Crippen molar-refractivity contribution in [1.29, 1.82) is 0 Å². The highest BCUT2D eigenvalue weighted by molar-refractivity contribution is 8.18. The van der Waals surface area contributed by atoms with Crippen LogP contribution in [0.4, 0.5) is 9.18 Å². The number of thioether (sulfide) groups is 1. The van der Waals surface area contributed by atoms with Crippen LogP contribution in [0.15, 0.2) is 89.8 Å². The van der Waals surface area contributed by atoms with E-state index in [9.17, 15) is 14.0 Å². The molecule has 2 amide bonds. The summed E-state index contributed by atoms with van der Waals surface area (Å²) in [4.78, 5) is 26.7. The third-order valence-electron chi connectivity index (χ3n) is 5.93. The van der Waals surface area contributed by atoms with Gasteiger partial charge in [-0.1, -0.05) is 60.7 Å². The molecule has 5 rings (SSSR count). The molecule has 5 nitrogen and oxygen atoms in total. The van der Waals surface area contributed by atoms with Crippen LogP contribution in [0.1, 0.15) is 23.6 Å². The molecule has 186 valence electrons. The van der Waals surface area contributed by atoms with Gasteiger partial charge in [-0.15, -0.1) is 0 Å². The Kier molecular flexibility index (Phi) is 7.23. The zero-order chi connectivity index (χ0) is 25.8. The fourth-order valence-corrected chi connectivity index (χ4v) is 4.91. The van der Waals surface area contributed by atoms with Gasteiger partial charge in [0, 0.05) is 5.56 Å². The molecular formula is C30H24FNO4S. The summed E-state index contributed by atoms with van der Waals surface area (Å²) in [7, 11) is 0. The molecule has 1 fully saturated rings. The molecule has 0 aromatic heterocycles. The zero-order valence-electron chi connectivity index (χ0n) is 20.1. The SMILES string of the molecule is CCOc1cc(/C=C2/SC(=O)N(Cc3ccccc3F)C2=O)ccc1OCc1ccc2ccccc2c1. The third kappa shape index (κ3) is 5.52. The molecule has 0 unspecified atom stereocenters. The van der Waals surface area contributed by atoms with Crippen molar-refractivity contribution < 1.29 is 23.5 Å².